The van der Waals surface area contributed by atoms with E-state index in [2.05, 4.69) is 16.0 Å². The van der Waals surface area contributed by atoms with Crippen molar-refractivity contribution in [3.05, 3.63) is 51.8 Å². The predicted molar refractivity (Wildman–Crippen MR) is 79.1 cm³/mol. The number of hydrogen-bond acceptors (Lipinski definition) is 3. The third-order valence-electron chi connectivity index (χ3n) is 3.14. The van der Waals surface area contributed by atoms with Gasteiger partial charge >= 0.3 is 0 Å². The standard InChI is InChI=1S/C14H15ClN4O2/c1-8-12(9(2)19(3)18-8)14(21)17-16-13(20)10-6-4-5-7-11(10)15/h4-7H,1-3H3,(H,16,20)(H,17,21). The molecule has 7 heteroatoms. The Balaban J connectivity index is 2.08. The molecule has 1 heterocycles. The highest BCUT2D eigenvalue weighted by molar-refractivity contribution is 6.33. The monoisotopic (exact) mass is 306 g/mol. The van der Waals surface area contributed by atoms with Crippen LogP contribution in [0.1, 0.15) is 32.1 Å². The van der Waals surface area contributed by atoms with Crippen LogP contribution in [0.4, 0.5) is 0 Å². The van der Waals surface area contributed by atoms with Crippen LogP contribution in [0.15, 0.2) is 24.3 Å². The molecule has 0 aliphatic rings. The Bertz CT molecular complexity index is 709. The van der Waals surface area contributed by atoms with Gasteiger partial charge in [-0.3, -0.25) is 25.1 Å². The number of halogens is 1. The number of rotatable bonds is 2. The largest absolute Gasteiger partial charge is 0.273 e. The summed E-state index contributed by atoms with van der Waals surface area (Å²) in [6.45, 7) is 3.52. The Morgan fingerprint density at radius 1 is 1.14 bits per heavy atom. The van der Waals surface area contributed by atoms with Crippen LogP contribution in [0.2, 0.25) is 5.02 Å². The molecule has 2 aromatic rings. The summed E-state index contributed by atoms with van der Waals surface area (Å²) in [5, 5.41) is 4.47. The van der Waals surface area contributed by atoms with Gasteiger partial charge in [0, 0.05) is 12.7 Å². The van der Waals surface area contributed by atoms with Gasteiger partial charge in [-0.1, -0.05) is 23.7 Å². The van der Waals surface area contributed by atoms with Gasteiger partial charge in [-0.25, -0.2) is 0 Å². The van der Waals surface area contributed by atoms with Crippen LogP contribution in [0.5, 0.6) is 0 Å². The number of nitrogens with one attached hydrogen (secondary N) is 2. The lowest BCUT2D eigenvalue weighted by Gasteiger charge is -2.08. The summed E-state index contributed by atoms with van der Waals surface area (Å²) >= 11 is 5.92. The van der Waals surface area contributed by atoms with Crippen molar-refractivity contribution in [3.8, 4) is 0 Å². The maximum atomic E-state index is 12.1. The molecule has 0 saturated heterocycles. The zero-order valence-electron chi connectivity index (χ0n) is 11.9. The Hall–Kier alpha value is -2.34. The van der Waals surface area contributed by atoms with Crippen LogP contribution in [0, 0.1) is 13.8 Å². The minimum absolute atomic E-state index is 0.291. The van der Waals surface area contributed by atoms with Crippen LogP contribution in [0.25, 0.3) is 0 Å². The fourth-order valence-corrected chi connectivity index (χ4v) is 2.21. The van der Waals surface area contributed by atoms with Crippen molar-refractivity contribution in [2.45, 2.75) is 13.8 Å². The summed E-state index contributed by atoms with van der Waals surface area (Å²) < 4.78 is 1.61. The summed E-state index contributed by atoms with van der Waals surface area (Å²) in [4.78, 5) is 24.1. The summed E-state index contributed by atoms with van der Waals surface area (Å²) in [7, 11) is 1.75. The lowest BCUT2D eigenvalue weighted by molar-refractivity contribution is 0.0846. The average Bonchev–Trinajstić information content (AvgIpc) is 2.70. The molecule has 0 aliphatic heterocycles. The molecule has 21 heavy (non-hydrogen) atoms. The van der Waals surface area contributed by atoms with Crippen molar-refractivity contribution < 1.29 is 9.59 Å². The van der Waals surface area contributed by atoms with E-state index in [4.69, 9.17) is 11.6 Å². The van der Waals surface area contributed by atoms with Crippen LogP contribution in [-0.2, 0) is 7.05 Å². The molecule has 0 fully saturated rings. The molecule has 0 aliphatic carbocycles. The highest BCUT2D eigenvalue weighted by atomic mass is 35.5. The fourth-order valence-electron chi connectivity index (χ4n) is 1.99. The number of amides is 2. The summed E-state index contributed by atoms with van der Waals surface area (Å²) in [6.07, 6.45) is 0. The molecular formula is C14H15ClN4O2. The maximum absolute atomic E-state index is 12.1. The van der Waals surface area contributed by atoms with Gasteiger partial charge < -0.3 is 0 Å². The van der Waals surface area contributed by atoms with Crippen molar-refractivity contribution in [1.82, 2.24) is 20.6 Å². The molecule has 2 N–H and O–H groups in total. The van der Waals surface area contributed by atoms with E-state index in [1.807, 2.05) is 0 Å². The quantitative estimate of drug-likeness (QED) is 0.830. The summed E-state index contributed by atoms with van der Waals surface area (Å²) in [5.74, 6) is -0.897. The van der Waals surface area contributed by atoms with Gasteiger partial charge in [-0.2, -0.15) is 5.10 Å². The van der Waals surface area contributed by atoms with Crippen LogP contribution in [-0.4, -0.2) is 21.6 Å². The molecule has 0 saturated carbocycles. The molecule has 2 rings (SSSR count). The Labute approximate surface area is 127 Å². The van der Waals surface area contributed by atoms with Gasteiger partial charge in [0.25, 0.3) is 11.8 Å². The first-order valence-corrected chi connectivity index (χ1v) is 6.65. The first-order valence-electron chi connectivity index (χ1n) is 6.27. The molecule has 2 amide bonds. The number of hydrogen-bond donors (Lipinski definition) is 2. The van der Waals surface area contributed by atoms with E-state index >= 15 is 0 Å². The molecule has 1 aromatic heterocycles. The SMILES string of the molecule is Cc1nn(C)c(C)c1C(=O)NNC(=O)c1ccccc1Cl. The van der Waals surface area contributed by atoms with E-state index in [9.17, 15) is 9.59 Å². The highest BCUT2D eigenvalue weighted by Gasteiger charge is 2.18. The number of carbonyl (C=O) groups is 2. The average molecular weight is 307 g/mol. The van der Waals surface area contributed by atoms with Gasteiger partial charge in [0.15, 0.2) is 0 Å². The Morgan fingerprint density at radius 2 is 1.76 bits per heavy atom. The van der Waals surface area contributed by atoms with Gasteiger partial charge in [0.2, 0.25) is 0 Å². The van der Waals surface area contributed by atoms with Gasteiger partial charge in [-0.15, -0.1) is 0 Å². The lowest BCUT2D eigenvalue weighted by atomic mass is 10.2. The van der Waals surface area contributed by atoms with E-state index in [1.54, 1.807) is 49.8 Å². The number of aromatic nitrogens is 2. The van der Waals surface area contributed by atoms with Crippen molar-refractivity contribution in [1.29, 1.82) is 0 Å². The van der Waals surface area contributed by atoms with Crippen molar-refractivity contribution in [2.75, 3.05) is 0 Å². The van der Waals surface area contributed by atoms with Crippen LogP contribution in [0.3, 0.4) is 0 Å². The smallest absolute Gasteiger partial charge is 0.272 e. The third-order valence-corrected chi connectivity index (χ3v) is 3.47. The number of aryl methyl sites for hydroxylation is 2. The predicted octanol–water partition coefficient (Wildman–Crippen LogP) is 1.77. The molecule has 1 aromatic carbocycles. The molecule has 0 unspecified atom stereocenters. The molecular weight excluding hydrogens is 292 g/mol. The van der Waals surface area contributed by atoms with Gasteiger partial charge in [0.1, 0.15) is 0 Å². The minimum atomic E-state index is -0.479. The van der Waals surface area contributed by atoms with E-state index < -0.39 is 11.8 Å². The normalized spacial score (nSPS) is 10.3. The molecule has 0 bridgehead atoms. The second-order valence-corrected chi connectivity index (χ2v) is 4.96. The molecule has 110 valence electrons. The number of hydrazine groups is 1. The van der Waals surface area contributed by atoms with E-state index in [1.165, 1.54) is 0 Å². The number of nitrogens with zero attached hydrogens (tertiary/aromatic N) is 2. The van der Waals surface area contributed by atoms with Gasteiger partial charge in [0.05, 0.1) is 21.8 Å². The highest BCUT2D eigenvalue weighted by Crippen LogP contribution is 2.14. The molecule has 6 nitrogen and oxygen atoms in total. The Kier molecular flexibility index (Phi) is 4.28. The number of carbonyl (C=O) groups excluding carboxylic acids is 2. The number of benzene rings is 1. The van der Waals surface area contributed by atoms with Crippen LogP contribution < -0.4 is 10.9 Å². The minimum Gasteiger partial charge on any atom is -0.272 e. The molecule has 0 spiro atoms. The van der Waals surface area contributed by atoms with Gasteiger partial charge in [-0.05, 0) is 26.0 Å². The maximum Gasteiger partial charge on any atom is 0.273 e. The zero-order chi connectivity index (χ0) is 15.6. The first-order chi connectivity index (χ1) is 9.91. The topological polar surface area (TPSA) is 76.0 Å². The van der Waals surface area contributed by atoms with Crippen LogP contribution >= 0.6 is 11.6 Å². The van der Waals surface area contributed by atoms with E-state index in [-0.39, 0.29) is 0 Å². The van der Waals surface area contributed by atoms with Crippen molar-refractivity contribution >= 4 is 23.4 Å². The van der Waals surface area contributed by atoms with E-state index in [0.717, 1.165) is 5.69 Å². The Morgan fingerprint density at radius 3 is 2.33 bits per heavy atom. The second kappa shape index (κ2) is 5.97. The summed E-state index contributed by atoms with van der Waals surface area (Å²) in [6, 6.07) is 6.59. The zero-order valence-corrected chi connectivity index (χ0v) is 12.7. The first kappa shape index (κ1) is 15.1. The second-order valence-electron chi connectivity index (χ2n) is 4.56. The van der Waals surface area contributed by atoms with Crippen molar-refractivity contribution in [2.24, 2.45) is 7.05 Å². The van der Waals surface area contributed by atoms with E-state index in [0.29, 0.717) is 21.8 Å². The molecule has 0 atom stereocenters. The lowest BCUT2D eigenvalue weighted by Crippen LogP contribution is -2.42. The summed E-state index contributed by atoms with van der Waals surface area (Å²) in [5.41, 5.74) is 6.76. The fraction of sp³-hybridized carbons (Fsp3) is 0.214. The molecule has 0 radical (unpaired) electrons. The third kappa shape index (κ3) is 3.05. The van der Waals surface area contributed by atoms with Crippen molar-refractivity contribution in [3.63, 3.8) is 0 Å².